The van der Waals surface area contributed by atoms with Gasteiger partial charge in [0, 0.05) is 20.3 Å². The first kappa shape index (κ1) is 14.4. The number of carboxylic acid groups (broad SMARTS) is 1. The summed E-state index contributed by atoms with van der Waals surface area (Å²) in [6, 6.07) is 2.26. The summed E-state index contributed by atoms with van der Waals surface area (Å²) in [5, 5.41) is 11.3. The number of nitrogens with one attached hydrogen (secondary N) is 1. The molecule has 0 unspecified atom stereocenters. The lowest BCUT2D eigenvalue weighted by atomic mass is 10.1. The Hall–Kier alpha value is -1.69. The van der Waals surface area contributed by atoms with Crippen molar-refractivity contribution in [3.63, 3.8) is 0 Å². The van der Waals surface area contributed by atoms with Crippen molar-refractivity contribution >= 4 is 11.7 Å². The monoisotopic (exact) mass is 259 g/mol. The van der Waals surface area contributed by atoms with E-state index in [1.807, 2.05) is 0 Å². The van der Waals surface area contributed by atoms with Gasteiger partial charge in [-0.3, -0.25) is 0 Å². The number of hydrogen-bond acceptors (Lipinski definition) is 3. The molecule has 0 aliphatic rings. The maximum absolute atomic E-state index is 13.5. The Morgan fingerprint density at radius 2 is 2.06 bits per heavy atom. The molecule has 0 aromatic heterocycles. The molecular weight excluding hydrogens is 244 g/mol. The quantitative estimate of drug-likeness (QED) is 0.739. The van der Waals surface area contributed by atoms with E-state index >= 15 is 0 Å². The molecule has 0 radical (unpaired) electrons. The molecule has 0 aliphatic carbocycles. The van der Waals surface area contributed by atoms with E-state index in [1.54, 1.807) is 7.11 Å². The molecular formula is C12H15F2NO3. The summed E-state index contributed by atoms with van der Waals surface area (Å²) in [4.78, 5) is 10.6. The number of aromatic carboxylic acids is 1. The van der Waals surface area contributed by atoms with E-state index in [9.17, 15) is 13.6 Å². The Bertz CT molecular complexity index is 424. The standard InChI is InChI=1S/C12H15F2NO3/c1-18-7-3-2-6-15-9-5-4-8(12(16)17)10(13)11(9)14/h4-5,15H,2-3,6-7H2,1H3,(H,16,17). The molecule has 0 amide bonds. The van der Waals surface area contributed by atoms with E-state index in [2.05, 4.69) is 5.32 Å². The van der Waals surface area contributed by atoms with Gasteiger partial charge in [0.15, 0.2) is 11.6 Å². The fraction of sp³-hybridized carbons (Fsp3) is 0.417. The van der Waals surface area contributed by atoms with Crippen LogP contribution in [0.2, 0.25) is 0 Å². The lowest BCUT2D eigenvalue weighted by molar-refractivity contribution is 0.0690. The lowest BCUT2D eigenvalue weighted by Crippen LogP contribution is -2.09. The molecule has 0 bridgehead atoms. The molecule has 0 saturated carbocycles. The molecule has 1 rings (SSSR count). The normalized spacial score (nSPS) is 10.4. The van der Waals surface area contributed by atoms with Gasteiger partial charge in [-0.25, -0.2) is 13.6 Å². The molecule has 0 atom stereocenters. The first-order chi connectivity index (χ1) is 8.57. The van der Waals surface area contributed by atoms with Crippen LogP contribution < -0.4 is 5.32 Å². The zero-order valence-corrected chi connectivity index (χ0v) is 10.0. The first-order valence-electron chi connectivity index (χ1n) is 5.52. The number of benzene rings is 1. The molecule has 0 heterocycles. The minimum Gasteiger partial charge on any atom is -0.478 e. The van der Waals surface area contributed by atoms with Gasteiger partial charge in [-0.05, 0) is 25.0 Å². The van der Waals surface area contributed by atoms with Gasteiger partial charge >= 0.3 is 5.97 Å². The molecule has 0 aliphatic heterocycles. The molecule has 0 fully saturated rings. The zero-order valence-electron chi connectivity index (χ0n) is 10.0. The molecule has 1 aromatic carbocycles. The maximum Gasteiger partial charge on any atom is 0.338 e. The summed E-state index contributed by atoms with van der Waals surface area (Å²) < 4.78 is 31.7. The maximum atomic E-state index is 13.5. The molecule has 0 spiro atoms. The van der Waals surface area contributed by atoms with Crippen LogP contribution in [0.25, 0.3) is 0 Å². The highest BCUT2D eigenvalue weighted by Crippen LogP contribution is 2.20. The number of halogens is 2. The van der Waals surface area contributed by atoms with Crippen molar-refractivity contribution in [1.29, 1.82) is 0 Å². The van der Waals surface area contributed by atoms with Crippen molar-refractivity contribution < 1.29 is 23.4 Å². The van der Waals surface area contributed by atoms with Gasteiger partial charge < -0.3 is 15.2 Å². The highest BCUT2D eigenvalue weighted by molar-refractivity contribution is 5.88. The number of rotatable bonds is 7. The summed E-state index contributed by atoms with van der Waals surface area (Å²) >= 11 is 0. The number of hydrogen-bond donors (Lipinski definition) is 2. The van der Waals surface area contributed by atoms with Crippen LogP contribution in [0.4, 0.5) is 14.5 Å². The van der Waals surface area contributed by atoms with Gasteiger partial charge in [-0.2, -0.15) is 0 Å². The van der Waals surface area contributed by atoms with Crippen molar-refractivity contribution in [2.24, 2.45) is 0 Å². The van der Waals surface area contributed by atoms with Crippen LogP contribution in [0.15, 0.2) is 12.1 Å². The van der Waals surface area contributed by atoms with Crippen LogP contribution in [0, 0.1) is 11.6 Å². The Morgan fingerprint density at radius 1 is 1.33 bits per heavy atom. The first-order valence-corrected chi connectivity index (χ1v) is 5.52. The van der Waals surface area contributed by atoms with E-state index in [0.29, 0.717) is 13.2 Å². The smallest absolute Gasteiger partial charge is 0.338 e. The SMILES string of the molecule is COCCCCNc1ccc(C(=O)O)c(F)c1F. The van der Waals surface area contributed by atoms with E-state index in [0.717, 1.165) is 18.9 Å². The van der Waals surface area contributed by atoms with Gasteiger partial charge in [0.2, 0.25) is 0 Å². The van der Waals surface area contributed by atoms with Gasteiger partial charge in [0.05, 0.1) is 11.3 Å². The topological polar surface area (TPSA) is 58.6 Å². The van der Waals surface area contributed by atoms with Gasteiger partial charge in [0.1, 0.15) is 0 Å². The van der Waals surface area contributed by atoms with E-state index in [1.165, 1.54) is 6.07 Å². The Kier molecular flexibility index (Phi) is 5.51. The number of anilines is 1. The Morgan fingerprint density at radius 3 is 2.67 bits per heavy atom. The van der Waals surface area contributed by atoms with Crippen LogP contribution in [0.3, 0.4) is 0 Å². The molecule has 0 saturated heterocycles. The van der Waals surface area contributed by atoms with Gasteiger partial charge in [-0.1, -0.05) is 0 Å². The number of ether oxygens (including phenoxy) is 1. The van der Waals surface area contributed by atoms with E-state index in [4.69, 9.17) is 9.84 Å². The van der Waals surface area contributed by atoms with Crippen molar-refractivity contribution in [3.8, 4) is 0 Å². The molecule has 6 heteroatoms. The van der Waals surface area contributed by atoms with Crippen molar-refractivity contribution in [2.45, 2.75) is 12.8 Å². The lowest BCUT2D eigenvalue weighted by Gasteiger charge is -2.09. The molecule has 100 valence electrons. The highest BCUT2D eigenvalue weighted by Gasteiger charge is 2.17. The average molecular weight is 259 g/mol. The number of methoxy groups -OCH3 is 1. The summed E-state index contributed by atoms with van der Waals surface area (Å²) in [6.07, 6.45) is 1.55. The number of carboxylic acids is 1. The summed E-state index contributed by atoms with van der Waals surface area (Å²) in [7, 11) is 1.59. The summed E-state index contributed by atoms with van der Waals surface area (Å²) in [6.45, 7) is 1.07. The predicted molar refractivity (Wildman–Crippen MR) is 62.9 cm³/mol. The third-order valence-electron chi connectivity index (χ3n) is 2.40. The Balaban J connectivity index is 2.62. The van der Waals surface area contributed by atoms with Gasteiger partial charge in [-0.15, -0.1) is 0 Å². The van der Waals surface area contributed by atoms with Gasteiger partial charge in [0.25, 0.3) is 0 Å². The van der Waals surface area contributed by atoms with Crippen molar-refractivity contribution in [1.82, 2.24) is 0 Å². The predicted octanol–water partition coefficient (Wildman–Crippen LogP) is 2.50. The number of carbonyl (C=O) groups is 1. The number of unbranched alkanes of at least 4 members (excludes halogenated alkanes) is 1. The Labute approximate surface area is 104 Å². The fourth-order valence-corrected chi connectivity index (χ4v) is 1.45. The highest BCUT2D eigenvalue weighted by atomic mass is 19.2. The van der Waals surface area contributed by atoms with E-state index in [-0.39, 0.29) is 5.69 Å². The summed E-state index contributed by atoms with van der Waals surface area (Å²) in [5.74, 6) is -4.00. The third kappa shape index (κ3) is 3.66. The molecule has 2 N–H and O–H groups in total. The molecule has 18 heavy (non-hydrogen) atoms. The van der Waals surface area contributed by atoms with Crippen LogP contribution in [-0.2, 0) is 4.74 Å². The second-order valence-corrected chi connectivity index (χ2v) is 3.72. The van der Waals surface area contributed by atoms with Crippen molar-refractivity contribution in [2.75, 3.05) is 25.6 Å². The second-order valence-electron chi connectivity index (χ2n) is 3.72. The van der Waals surface area contributed by atoms with Crippen LogP contribution in [-0.4, -0.2) is 31.3 Å². The van der Waals surface area contributed by atoms with Crippen LogP contribution >= 0.6 is 0 Å². The second kappa shape index (κ2) is 6.90. The average Bonchev–Trinajstić information content (AvgIpc) is 2.33. The zero-order chi connectivity index (χ0) is 13.5. The van der Waals surface area contributed by atoms with E-state index < -0.39 is 23.2 Å². The third-order valence-corrected chi connectivity index (χ3v) is 2.40. The fourth-order valence-electron chi connectivity index (χ4n) is 1.45. The minimum absolute atomic E-state index is 0.0325. The molecule has 4 nitrogen and oxygen atoms in total. The van der Waals surface area contributed by atoms with Crippen LogP contribution in [0.1, 0.15) is 23.2 Å². The van der Waals surface area contributed by atoms with Crippen molar-refractivity contribution in [3.05, 3.63) is 29.3 Å². The summed E-state index contributed by atoms with van der Waals surface area (Å²) in [5.41, 5.74) is -0.702. The molecule has 1 aromatic rings. The minimum atomic E-state index is -1.49. The van der Waals surface area contributed by atoms with Crippen LogP contribution in [0.5, 0.6) is 0 Å². The largest absolute Gasteiger partial charge is 0.478 e.